The standard InChI is InChI=1S/C18H34O/c1-17(11-12-17)9-5-3-7-15-19-16-8-4-6-10-18(2)13-14-18/h3-16H2,1-2H3. The van der Waals surface area contributed by atoms with Gasteiger partial charge in [0.15, 0.2) is 0 Å². The number of unbranched alkanes of at least 4 members (excludes halogenated alkanes) is 4. The van der Waals surface area contributed by atoms with Gasteiger partial charge < -0.3 is 4.74 Å². The van der Waals surface area contributed by atoms with E-state index in [1.54, 1.807) is 0 Å². The maximum Gasteiger partial charge on any atom is 0.0466 e. The molecule has 2 saturated carbocycles. The van der Waals surface area contributed by atoms with Crippen LogP contribution in [0.25, 0.3) is 0 Å². The number of rotatable bonds is 12. The van der Waals surface area contributed by atoms with E-state index in [2.05, 4.69) is 13.8 Å². The summed E-state index contributed by atoms with van der Waals surface area (Å²) >= 11 is 0. The van der Waals surface area contributed by atoms with Crippen LogP contribution in [-0.4, -0.2) is 13.2 Å². The molecule has 0 heterocycles. The van der Waals surface area contributed by atoms with Gasteiger partial charge in [0, 0.05) is 13.2 Å². The van der Waals surface area contributed by atoms with Gasteiger partial charge in [-0.15, -0.1) is 0 Å². The van der Waals surface area contributed by atoms with Crippen LogP contribution in [0.2, 0.25) is 0 Å². The molecule has 2 aliphatic carbocycles. The third kappa shape index (κ3) is 6.79. The second kappa shape index (κ2) is 7.11. The molecule has 2 rings (SSSR count). The van der Waals surface area contributed by atoms with Gasteiger partial charge in [0.05, 0.1) is 0 Å². The molecule has 0 amide bonds. The van der Waals surface area contributed by atoms with E-state index >= 15 is 0 Å². The van der Waals surface area contributed by atoms with Crippen molar-refractivity contribution < 1.29 is 4.74 Å². The maximum absolute atomic E-state index is 5.73. The molecule has 1 heteroatoms. The fraction of sp³-hybridized carbons (Fsp3) is 1.00. The lowest BCUT2D eigenvalue weighted by Crippen LogP contribution is -1.99. The van der Waals surface area contributed by atoms with Crippen LogP contribution >= 0.6 is 0 Å². The van der Waals surface area contributed by atoms with E-state index in [0.29, 0.717) is 0 Å². The predicted octanol–water partition coefficient (Wildman–Crippen LogP) is 5.72. The number of hydrogen-bond acceptors (Lipinski definition) is 1. The molecule has 0 aromatic carbocycles. The Morgan fingerprint density at radius 2 is 1.05 bits per heavy atom. The molecule has 0 atom stereocenters. The summed E-state index contributed by atoms with van der Waals surface area (Å²) in [5.41, 5.74) is 1.50. The minimum absolute atomic E-state index is 0.749. The molecule has 0 bridgehead atoms. The van der Waals surface area contributed by atoms with E-state index in [1.807, 2.05) is 0 Å². The molecule has 2 aliphatic rings. The van der Waals surface area contributed by atoms with E-state index in [4.69, 9.17) is 4.74 Å². The van der Waals surface area contributed by atoms with Gasteiger partial charge in [-0.3, -0.25) is 0 Å². The van der Waals surface area contributed by atoms with E-state index in [9.17, 15) is 0 Å². The van der Waals surface area contributed by atoms with Crippen LogP contribution in [-0.2, 0) is 4.74 Å². The third-order valence-corrected chi connectivity index (χ3v) is 5.35. The molecule has 19 heavy (non-hydrogen) atoms. The van der Waals surface area contributed by atoms with Crippen molar-refractivity contribution in [2.24, 2.45) is 10.8 Å². The Balaban J connectivity index is 1.25. The minimum atomic E-state index is 0.749. The lowest BCUT2D eigenvalue weighted by Gasteiger charge is -2.08. The second-order valence-electron chi connectivity index (χ2n) is 7.86. The molecular formula is C18H34O. The first-order valence-corrected chi connectivity index (χ1v) is 8.70. The molecule has 0 unspecified atom stereocenters. The lowest BCUT2D eigenvalue weighted by molar-refractivity contribution is 0.125. The number of ether oxygens (including phenoxy) is 1. The van der Waals surface area contributed by atoms with Crippen molar-refractivity contribution in [1.82, 2.24) is 0 Å². The largest absolute Gasteiger partial charge is 0.381 e. The fourth-order valence-electron chi connectivity index (χ4n) is 2.89. The van der Waals surface area contributed by atoms with Gasteiger partial charge in [-0.25, -0.2) is 0 Å². The van der Waals surface area contributed by atoms with Crippen molar-refractivity contribution in [3.63, 3.8) is 0 Å². The van der Waals surface area contributed by atoms with Crippen LogP contribution in [0, 0.1) is 10.8 Å². The molecular weight excluding hydrogens is 232 g/mol. The monoisotopic (exact) mass is 266 g/mol. The first-order chi connectivity index (χ1) is 9.12. The summed E-state index contributed by atoms with van der Waals surface area (Å²) in [6.45, 7) is 6.86. The maximum atomic E-state index is 5.73. The van der Waals surface area contributed by atoms with Gasteiger partial charge in [-0.1, -0.05) is 39.5 Å². The Kier molecular flexibility index (Phi) is 5.74. The molecule has 0 aliphatic heterocycles. The highest BCUT2D eigenvalue weighted by atomic mass is 16.5. The van der Waals surface area contributed by atoms with Crippen molar-refractivity contribution in [2.75, 3.05) is 13.2 Å². The summed E-state index contributed by atoms with van der Waals surface area (Å²) in [5.74, 6) is 0. The summed E-state index contributed by atoms with van der Waals surface area (Å²) in [6, 6.07) is 0. The highest BCUT2D eigenvalue weighted by Gasteiger charge is 2.36. The summed E-state index contributed by atoms with van der Waals surface area (Å²) in [7, 11) is 0. The number of hydrogen-bond donors (Lipinski definition) is 0. The van der Waals surface area contributed by atoms with Crippen molar-refractivity contribution in [2.45, 2.75) is 90.9 Å². The van der Waals surface area contributed by atoms with Crippen molar-refractivity contribution >= 4 is 0 Å². The second-order valence-corrected chi connectivity index (χ2v) is 7.86. The Morgan fingerprint density at radius 1 is 0.632 bits per heavy atom. The van der Waals surface area contributed by atoms with Crippen LogP contribution in [0.1, 0.15) is 90.9 Å². The van der Waals surface area contributed by atoms with Gasteiger partial charge in [-0.2, -0.15) is 0 Å². The van der Waals surface area contributed by atoms with Crippen LogP contribution in [0.4, 0.5) is 0 Å². The molecule has 0 aromatic heterocycles. The first kappa shape index (κ1) is 15.4. The average molecular weight is 266 g/mol. The molecule has 2 fully saturated rings. The van der Waals surface area contributed by atoms with Crippen LogP contribution in [0.3, 0.4) is 0 Å². The van der Waals surface area contributed by atoms with Gasteiger partial charge in [-0.05, 0) is 62.2 Å². The SMILES string of the molecule is CC1(CCCCCOCCCCCC2(C)CC2)CC1. The predicted molar refractivity (Wildman–Crippen MR) is 82.4 cm³/mol. The molecule has 1 nitrogen and oxygen atoms in total. The van der Waals surface area contributed by atoms with E-state index in [0.717, 1.165) is 24.0 Å². The van der Waals surface area contributed by atoms with Crippen LogP contribution in [0.15, 0.2) is 0 Å². The third-order valence-electron chi connectivity index (χ3n) is 5.35. The fourth-order valence-corrected chi connectivity index (χ4v) is 2.89. The normalized spacial score (nSPS) is 22.4. The quantitative estimate of drug-likeness (QED) is 0.410. The van der Waals surface area contributed by atoms with Gasteiger partial charge in [0.25, 0.3) is 0 Å². The summed E-state index contributed by atoms with van der Waals surface area (Å²) < 4.78 is 5.73. The smallest absolute Gasteiger partial charge is 0.0466 e. The van der Waals surface area contributed by atoms with Gasteiger partial charge in [0.2, 0.25) is 0 Å². The summed E-state index contributed by atoms with van der Waals surface area (Å²) in [4.78, 5) is 0. The topological polar surface area (TPSA) is 9.23 Å². The Bertz CT molecular complexity index is 224. The Hall–Kier alpha value is -0.0400. The van der Waals surface area contributed by atoms with Crippen LogP contribution < -0.4 is 0 Å². The highest BCUT2D eigenvalue weighted by molar-refractivity contribution is 4.88. The zero-order valence-electron chi connectivity index (χ0n) is 13.3. The van der Waals surface area contributed by atoms with Crippen molar-refractivity contribution in [3.05, 3.63) is 0 Å². The molecule has 0 N–H and O–H groups in total. The zero-order valence-corrected chi connectivity index (χ0v) is 13.3. The van der Waals surface area contributed by atoms with E-state index < -0.39 is 0 Å². The average Bonchev–Trinajstić information content (AvgIpc) is 3.28. The van der Waals surface area contributed by atoms with Crippen molar-refractivity contribution in [1.29, 1.82) is 0 Å². The summed E-state index contributed by atoms with van der Waals surface area (Å²) in [6.07, 6.45) is 16.9. The lowest BCUT2D eigenvalue weighted by atomic mass is 10.0. The Morgan fingerprint density at radius 3 is 1.42 bits per heavy atom. The van der Waals surface area contributed by atoms with E-state index in [-0.39, 0.29) is 0 Å². The van der Waals surface area contributed by atoms with Gasteiger partial charge in [0.1, 0.15) is 0 Å². The molecule has 112 valence electrons. The molecule has 0 spiro atoms. The van der Waals surface area contributed by atoms with Gasteiger partial charge >= 0.3 is 0 Å². The highest BCUT2D eigenvalue weighted by Crippen LogP contribution is 2.49. The Labute approximate surface area is 120 Å². The van der Waals surface area contributed by atoms with Crippen molar-refractivity contribution in [3.8, 4) is 0 Å². The molecule has 0 radical (unpaired) electrons. The van der Waals surface area contributed by atoms with Crippen LogP contribution in [0.5, 0.6) is 0 Å². The van der Waals surface area contributed by atoms with E-state index in [1.165, 1.54) is 77.0 Å². The molecule has 0 saturated heterocycles. The molecule has 0 aromatic rings. The summed E-state index contributed by atoms with van der Waals surface area (Å²) in [5, 5.41) is 0. The first-order valence-electron chi connectivity index (χ1n) is 8.70. The minimum Gasteiger partial charge on any atom is -0.381 e. The zero-order chi connectivity index (χ0) is 13.6.